The van der Waals surface area contributed by atoms with Crippen molar-refractivity contribution in [2.45, 2.75) is 6.92 Å². The van der Waals surface area contributed by atoms with Crippen molar-refractivity contribution in [3.05, 3.63) is 39.4 Å². The summed E-state index contributed by atoms with van der Waals surface area (Å²) >= 11 is 17.4. The van der Waals surface area contributed by atoms with Crippen molar-refractivity contribution < 1.29 is 19.1 Å². The molecule has 0 spiro atoms. The normalized spacial score (nSPS) is 10.5. The zero-order valence-corrected chi connectivity index (χ0v) is 12.1. The Kier molecular flexibility index (Phi) is 6.15. The third-order valence-electron chi connectivity index (χ3n) is 1.85. The van der Waals surface area contributed by atoms with Gasteiger partial charge in [0.2, 0.25) is 0 Å². The second-order valence-corrected chi connectivity index (χ2v) is 4.37. The van der Waals surface area contributed by atoms with Gasteiger partial charge in [-0.2, -0.15) is 0 Å². The molecule has 19 heavy (non-hydrogen) atoms. The number of carbonyl (C=O) groups is 2. The van der Waals surface area contributed by atoms with Crippen LogP contribution in [-0.4, -0.2) is 18.5 Å². The summed E-state index contributed by atoms with van der Waals surface area (Å²) in [5.41, 5.74) is 0. The van der Waals surface area contributed by atoms with E-state index < -0.39 is 11.9 Å². The molecule has 0 atom stereocenters. The molecule has 7 heteroatoms. The van der Waals surface area contributed by atoms with E-state index >= 15 is 0 Å². The van der Waals surface area contributed by atoms with Crippen molar-refractivity contribution in [1.29, 1.82) is 0 Å². The molecule has 0 fully saturated rings. The standard InChI is InChI=1S/C12H9Cl3O4/c1-2-18-9(16)5-6-10(17)19-12-8(14)4-3-7(13)11(12)15/h3-6H,2H2,1H3/b6-5+. The van der Waals surface area contributed by atoms with Crippen molar-refractivity contribution in [2.24, 2.45) is 0 Å². The fourth-order valence-electron chi connectivity index (χ4n) is 1.06. The fraction of sp³-hybridized carbons (Fsp3) is 0.167. The zero-order valence-electron chi connectivity index (χ0n) is 9.78. The van der Waals surface area contributed by atoms with E-state index in [0.29, 0.717) is 0 Å². The SMILES string of the molecule is CCOC(=O)/C=C/C(=O)Oc1c(Cl)ccc(Cl)c1Cl. The molecule has 0 heterocycles. The Balaban J connectivity index is 2.78. The van der Waals surface area contributed by atoms with E-state index in [1.54, 1.807) is 6.92 Å². The molecular formula is C12H9Cl3O4. The molecule has 0 radical (unpaired) electrons. The molecule has 0 amide bonds. The van der Waals surface area contributed by atoms with Gasteiger partial charge in [0.05, 0.1) is 16.7 Å². The van der Waals surface area contributed by atoms with Crippen LogP contribution in [0, 0.1) is 0 Å². The first kappa shape index (κ1) is 15.8. The smallest absolute Gasteiger partial charge is 0.336 e. The van der Waals surface area contributed by atoms with Crippen molar-refractivity contribution in [1.82, 2.24) is 0 Å². The number of rotatable bonds is 4. The van der Waals surface area contributed by atoms with Crippen LogP contribution in [-0.2, 0) is 14.3 Å². The minimum atomic E-state index is -0.820. The van der Waals surface area contributed by atoms with E-state index in [-0.39, 0.29) is 27.4 Å². The summed E-state index contributed by atoms with van der Waals surface area (Å²) < 4.78 is 9.51. The van der Waals surface area contributed by atoms with Crippen LogP contribution < -0.4 is 4.74 Å². The summed E-state index contributed by atoms with van der Waals surface area (Å²) in [6, 6.07) is 2.91. The highest BCUT2D eigenvalue weighted by molar-refractivity contribution is 6.44. The number of halogens is 3. The molecular weight excluding hydrogens is 314 g/mol. The van der Waals surface area contributed by atoms with Gasteiger partial charge in [0, 0.05) is 12.2 Å². The summed E-state index contributed by atoms with van der Waals surface area (Å²) in [5.74, 6) is -1.53. The minimum absolute atomic E-state index is 0.0204. The summed E-state index contributed by atoms with van der Waals surface area (Å²) in [6.45, 7) is 1.86. The van der Waals surface area contributed by atoms with E-state index in [4.69, 9.17) is 39.5 Å². The average molecular weight is 324 g/mol. The van der Waals surface area contributed by atoms with Gasteiger partial charge in [-0.1, -0.05) is 34.8 Å². The summed E-state index contributed by atoms with van der Waals surface area (Å²) in [6.07, 6.45) is 1.85. The first-order chi connectivity index (χ1) is 8.95. The van der Waals surface area contributed by atoms with Crippen LogP contribution in [0.3, 0.4) is 0 Å². The van der Waals surface area contributed by atoms with Crippen molar-refractivity contribution in [3.8, 4) is 5.75 Å². The molecule has 0 unspecified atom stereocenters. The molecule has 0 aliphatic rings. The third-order valence-corrected chi connectivity index (χ3v) is 2.93. The number of hydrogen-bond acceptors (Lipinski definition) is 4. The average Bonchev–Trinajstić information content (AvgIpc) is 2.37. The minimum Gasteiger partial charge on any atom is -0.463 e. The van der Waals surface area contributed by atoms with E-state index in [2.05, 4.69) is 4.74 Å². The molecule has 1 rings (SSSR count). The van der Waals surface area contributed by atoms with Crippen LogP contribution in [0.1, 0.15) is 6.92 Å². The van der Waals surface area contributed by atoms with E-state index in [9.17, 15) is 9.59 Å². The Bertz CT molecular complexity index is 526. The van der Waals surface area contributed by atoms with Gasteiger partial charge in [-0.15, -0.1) is 0 Å². The molecule has 0 saturated heterocycles. The van der Waals surface area contributed by atoms with Crippen molar-refractivity contribution in [2.75, 3.05) is 6.61 Å². The van der Waals surface area contributed by atoms with Crippen LogP contribution in [0.2, 0.25) is 15.1 Å². The molecule has 0 bridgehead atoms. The van der Waals surface area contributed by atoms with Crippen LogP contribution in [0.4, 0.5) is 0 Å². The van der Waals surface area contributed by atoms with Gasteiger partial charge in [0.1, 0.15) is 5.02 Å². The van der Waals surface area contributed by atoms with Gasteiger partial charge in [0.15, 0.2) is 5.75 Å². The molecule has 0 aromatic heterocycles. The Hall–Kier alpha value is -1.23. The lowest BCUT2D eigenvalue weighted by atomic mass is 10.3. The van der Waals surface area contributed by atoms with Crippen LogP contribution in [0.25, 0.3) is 0 Å². The molecule has 1 aromatic carbocycles. The van der Waals surface area contributed by atoms with Crippen molar-refractivity contribution >= 4 is 46.7 Å². The number of carbonyl (C=O) groups excluding carboxylic acids is 2. The van der Waals surface area contributed by atoms with E-state index in [1.165, 1.54) is 12.1 Å². The molecule has 0 saturated carbocycles. The van der Waals surface area contributed by atoms with Gasteiger partial charge in [0.25, 0.3) is 0 Å². The number of esters is 2. The maximum absolute atomic E-state index is 11.5. The Morgan fingerprint density at radius 3 is 2.32 bits per heavy atom. The lowest BCUT2D eigenvalue weighted by molar-refractivity contribution is -0.138. The zero-order chi connectivity index (χ0) is 14.4. The van der Waals surface area contributed by atoms with Gasteiger partial charge in [-0.25, -0.2) is 9.59 Å². The predicted octanol–water partition coefficient (Wildman–Crippen LogP) is 3.67. The van der Waals surface area contributed by atoms with Gasteiger partial charge in [-0.3, -0.25) is 0 Å². The molecule has 102 valence electrons. The Morgan fingerprint density at radius 2 is 1.68 bits per heavy atom. The van der Waals surface area contributed by atoms with Gasteiger partial charge < -0.3 is 9.47 Å². The molecule has 4 nitrogen and oxygen atoms in total. The lowest BCUT2D eigenvalue weighted by Crippen LogP contribution is -2.07. The molecule has 0 aliphatic heterocycles. The first-order valence-corrected chi connectivity index (χ1v) is 6.29. The largest absolute Gasteiger partial charge is 0.463 e. The monoisotopic (exact) mass is 322 g/mol. The fourth-order valence-corrected chi connectivity index (χ4v) is 1.66. The highest BCUT2D eigenvalue weighted by atomic mass is 35.5. The molecule has 0 aliphatic carbocycles. The van der Waals surface area contributed by atoms with Crippen molar-refractivity contribution in [3.63, 3.8) is 0 Å². The maximum atomic E-state index is 11.5. The van der Waals surface area contributed by atoms with Crippen LogP contribution in [0.5, 0.6) is 5.75 Å². The number of benzene rings is 1. The predicted molar refractivity (Wildman–Crippen MR) is 72.9 cm³/mol. The summed E-state index contributed by atoms with van der Waals surface area (Å²) in [5, 5.41) is 0.350. The molecule has 1 aromatic rings. The second kappa shape index (κ2) is 7.38. The Morgan fingerprint density at radius 1 is 1.11 bits per heavy atom. The summed E-state index contributed by atoms with van der Waals surface area (Å²) in [7, 11) is 0. The lowest BCUT2D eigenvalue weighted by Gasteiger charge is -2.07. The van der Waals surface area contributed by atoms with Gasteiger partial charge >= 0.3 is 11.9 Å². The maximum Gasteiger partial charge on any atom is 0.336 e. The molecule has 0 N–H and O–H groups in total. The quantitative estimate of drug-likeness (QED) is 0.367. The first-order valence-electron chi connectivity index (χ1n) is 5.15. The number of ether oxygens (including phenoxy) is 2. The third kappa shape index (κ3) is 4.74. The highest BCUT2D eigenvalue weighted by Crippen LogP contribution is 2.38. The van der Waals surface area contributed by atoms with Gasteiger partial charge in [-0.05, 0) is 19.1 Å². The van der Waals surface area contributed by atoms with Crippen LogP contribution in [0.15, 0.2) is 24.3 Å². The number of hydrogen-bond donors (Lipinski definition) is 0. The van der Waals surface area contributed by atoms with E-state index in [0.717, 1.165) is 12.2 Å². The Labute approximate surface area is 124 Å². The van der Waals surface area contributed by atoms with E-state index in [1.807, 2.05) is 0 Å². The summed E-state index contributed by atoms with van der Waals surface area (Å²) in [4.78, 5) is 22.5. The van der Waals surface area contributed by atoms with Crippen LogP contribution >= 0.6 is 34.8 Å². The topological polar surface area (TPSA) is 52.6 Å². The second-order valence-electron chi connectivity index (χ2n) is 3.18. The highest BCUT2D eigenvalue weighted by Gasteiger charge is 2.13.